The first-order chi connectivity index (χ1) is 14.0. The molecule has 0 heterocycles. The summed E-state index contributed by atoms with van der Waals surface area (Å²) >= 11 is 0. The fourth-order valence-electron chi connectivity index (χ4n) is 4.07. The smallest absolute Gasteiger partial charge is 0.410 e. The van der Waals surface area contributed by atoms with Crippen LogP contribution in [0.4, 0.5) is 13.6 Å². The molecule has 3 saturated carbocycles. The maximum Gasteiger partial charge on any atom is 0.410 e. The summed E-state index contributed by atoms with van der Waals surface area (Å²) in [7, 11) is 0. The quantitative estimate of drug-likeness (QED) is 0.725. The van der Waals surface area contributed by atoms with Gasteiger partial charge in [0.1, 0.15) is 5.60 Å². The van der Waals surface area contributed by atoms with Crippen LogP contribution in [0.5, 0.6) is 0 Å². The van der Waals surface area contributed by atoms with Crippen LogP contribution in [0.2, 0.25) is 0 Å². The number of nitrogens with zero attached hydrogens (tertiary/aromatic N) is 1. The summed E-state index contributed by atoms with van der Waals surface area (Å²) in [6.07, 6.45) is 2.26. The largest absolute Gasteiger partial charge is 0.444 e. The molecule has 0 unspecified atom stereocenters. The molecule has 2 amide bonds. The van der Waals surface area contributed by atoms with Gasteiger partial charge in [-0.2, -0.15) is 0 Å². The number of halogens is 2. The summed E-state index contributed by atoms with van der Waals surface area (Å²) in [6.45, 7) is 6.31. The van der Waals surface area contributed by atoms with Crippen molar-refractivity contribution in [2.45, 2.75) is 82.4 Å². The molecule has 3 fully saturated rings. The number of carbonyl (C=O) groups excluding carboxylic acids is 2. The number of carbonyl (C=O) groups is 2. The Morgan fingerprint density at radius 1 is 1.23 bits per heavy atom. The minimum atomic E-state index is -2.66. The van der Waals surface area contributed by atoms with E-state index in [-0.39, 0.29) is 36.8 Å². The van der Waals surface area contributed by atoms with Crippen LogP contribution in [-0.2, 0) is 4.74 Å². The van der Waals surface area contributed by atoms with Gasteiger partial charge in [0.15, 0.2) is 0 Å². The second-order valence-corrected chi connectivity index (χ2v) is 10.0. The number of amides is 2. The fraction of sp³-hybridized carbons (Fsp3) is 0.652. The molecule has 0 aromatic heterocycles. The van der Waals surface area contributed by atoms with Crippen molar-refractivity contribution < 1.29 is 23.1 Å². The number of benzene rings is 1. The van der Waals surface area contributed by atoms with Crippen molar-refractivity contribution in [1.29, 1.82) is 0 Å². The van der Waals surface area contributed by atoms with E-state index in [1.807, 2.05) is 43.9 Å². The van der Waals surface area contributed by atoms with Crippen LogP contribution in [0.1, 0.15) is 74.7 Å². The Kier molecular flexibility index (Phi) is 5.27. The lowest BCUT2D eigenvalue weighted by Gasteiger charge is -2.35. The van der Waals surface area contributed by atoms with Crippen molar-refractivity contribution >= 4 is 12.0 Å². The van der Waals surface area contributed by atoms with Gasteiger partial charge < -0.3 is 15.0 Å². The van der Waals surface area contributed by atoms with E-state index in [9.17, 15) is 18.4 Å². The molecule has 3 aliphatic rings. The average molecular weight is 421 g/mol. The molecule has 2 atom stereocenters. The van der Waals surface area contributed by atoms with E-state index in [0.29, 0.717) is 18.0 Å². The molecule has 4 rings (SSSR count). The molecule has 0 aliphatic heterocycles. The molecule has 30 heavy (non-hydrogen) atoms. The Labute approximate surface area is 176 Å². The van der Waals surface area contributed by atoms with E-state index >= 15 is 0 Å². The highest BCUT2D eigenvalue weighted by Gasteiger charge is 2.48. The van der Waals surface area contributed by atoms with Crippen molar-refractivity contribution in [3.8, 4) is 0 Å². The van der Waals surface area contributed by atoms with Crippen LogP contribution < -0.4 is 5.32 Å². The third-order valence-electron chi connectivity index (χ3n) is 5.94. The Balaban J connectivity index is 1.40. The zero-order chi connectivity index (χ0) is 21.7. The van der Waals surface area contributed by atoms with Crippen LogP contribution in [0, 0.1) is 5.92 Å². The highest BCUT2D eigenvalue weighted by Crippen LogP contribution is 2.47. The molecular weight excluding hydrogens is 390 g/mol. The molecule has 164 valence electrons. The predicted octanol–water partition coefficient (Wildman–Crippen LogP) is 4.72. The molecular formula is C23H30F2N2O3. The van der Waals surface area contributed by atoms with Crippen LogP contribution in [0.25, 0.3) is 0 Å². The first-order valence-corrected chi connectivity index (χ1v) is 10.8. The Hall–Kier alpha value is -2.18. The van der Waals surface area contributed by atoms with Gasteiger partial charge in [-0.15, -0.1) is 0 Å². The van der Waals surface area contributed by atoms with Gasteiger partial charge in [0.25, 0.3) is 11.8 Å². The van der Waals surface area contributed by atoms with Gasteiger partial charge in [-0.3, -0.25) is 4.79 Å². The average Bonchev–Trinajstić information content (AvgIpc) is 3.50. The summed E-state index contributed by atoms with van der Waals surface area (Å²) in [6, 6.07) is 6.90. The number of nitrogens with one attached hydrogen (secondary N) is 1. The summed E-state index contributed by atoms with van der Waals surface area (Å²) in [5.41, 5.74) is 0.926. The lowest BCUT2D eigenvalue weighted by atomic mass is 9.88. The van der Waals surface area contributed by atoms with E-state index in [0.717, 1.165) is 24.8 Å². The number of alkyl halides is 2. The van der Waals surface area contributed by atoms with Crippen molar-refractivity contribution in [2.24, 2.45) is 5.92 Å². The fourth-order valence-corrected chi connectivity index (χ4v) is 4.07. The molecule has 0 bridgehead atoms. The summed E-state index contributed by atoms with van der Waals surface area (Å²) in [5, 5.41) is 2.68. The lowest BCUT2D eigenvalue weighted by molar-refractivity contribution is -0.0901. The van der Waals surface area contributed by atoms with Gasteiger partial charge in [-0.1, -0.05) is 12.1 Å². The minimum absolute atomic E-state index is 0.0732. The molecule has 3 aliphatic carbocycles. The highest BCUT2D eigenvalue weighted by molar-refractivity contribution is 5.94. The van der Waals surface area contributed by atoms with Crippen molar-refractivity contribution in [1.82, 2.24) is 10.2 Å². The second kappa shape index (κ2) is 7.50. The Morgan fingerprint density at radius 3 is 2.53 bits per heavy atom. The monoisotopic (exact) mass is 420 g/mol. The van der Waals surface area contributed by atoms with E-state index in [2.05, 4.69) is 5.32 Å². The number of hydrogen-bond acceptors (Lipinski definition) is 3. The third kappa shape index (κ3) is 5.10. The SMILES string of the molecule is CC(C)(C)OC(=O)N(CC1CC1)[C@@H]1C[C@H]1c1cccc(C(=O)NC2CC(F)(F)C2)c1. The van der Waals surface area contributed by atoms with Crippen LogP contribution in [0.3, 0.4) is 0 Å². The molecule has 0 radical (unpaired) electrons. The van der Waals surface area contributed by atoms with E-state index < -0.39 is 17.6 Å². The molecule has 0 spiro atoms. The Bertz CT molecular complexity index is 824. The van der Waals surface area contributed by atoms with Crippen molar-refractivity contribution in [3.05, 3.63) is 35.4 Å². The van der Waals surface area contributed by atoms with E-state index in [1.165, 1.54) is 0 Å². The van der Waals surface area contributed by atoms with Gasteiger partial charge in [0.05, 0.1) is 0 Å². The van der Waals surface area contributed by atoms with Gasteiger partial charge in [-0.25, -0.2) is 13.6 Å². The maximum absolute atomic E-state index is 13.0. The van der Waals surface area contributed by atoms with Gasteiger partial charge in [-0.05, 0) is 63.6 Å². The molecule has 0 saturated heterocycles. The summed E-state index contributed by atoms with van der Waals surface area (Å²) < 4.78 is 31.6. The van der Waals surface area contributed by atoms with Crippen LogP contribution >= 0.6 is 0 Å². The number of hydrogen-bond donors (Lipinski definition) is 1. The van der Waals surface area contributed by atoms with Crippen LogP contribution in [0.15, 0.2) is 24.3 Å². The molecule has 7 heteroatoms. The van der Waals surface area contributed by atoms with Gasteiger partial charge in [0.2, 0.25) is 0 Å². The summed E-state index contributed by atoms with van der Waals surface area (Å²) in [5.74, 6) is -2.27. The topological polar surface area (TPSA) is 58.6 Å². The van der Waals surface area contributed by atoms with Gasteiger partial charge in [0, 0.05) is 43.0 Å². The first-order valence-electron chi connectivity index (χ1n) is 10.8. The van der Waals surface area contributed by atoms with Crippen molar-refractivity contribution in [3.63, 3.8) is 0 Å². The van der Waals surface area contributed by atoms with Gasteiger partial charge >= 0.3 is 6.09 Å². The molecule has 1 aromatic rings. The number of ether oxygens (including phenoxy) is 1. The standard InChI is InChI=1S/C23H30F2N2O3/c1-22(2,3)30-21(29)27(13-14-7-8-14)19-10-18(19)15-5-4-6-16(9-15)20(28)26-17-11-23(24,25)12-17/h4-6,9,14,17-19H,7-8,10-13H2,1-3H3,(H,26,28)/t18-,19+/m0/s1. The predicted molar refractivity (Wildman–Crippen MR) is 109 cm³/mol. The normalized spacial score (nSPS) is 25.2. The highest BCUT2D eigenvalue weighted by atomic mass is 19.3. The second-order valence-electron chi connectivity index (χ2n) is 10.0. The number of rotatable bonds is 6. The third-order valence-corrected chi connectivity index (χ3v) is 5.94. The van der Waals surface area contributed by atoms with Crippen molar-refractivity contribution in [2.75, 3.05) is 6.54 Å². The summed E-state index contributed by atoms with van der Waals surface area (Å²) in [4.78, 5) is 27.1. The minimum Gasteiger partial charge on any atom is -0.444 e. The Morgan fingerprint density at radius 2 is 1.93 bits per heavy atom. The van der Waals surface area contributed by atoms with Crippen LogP contribution in [-0.4, -0.2) is 47.1 Å². The zero-order valence-corrected chi connectivity index (χ0v) is 17.8. The van der Waals surface area contributed by atoms with E-state index in [1.54, 1.807) is 6.07 Å². The first kappa shape index (κ1) is 21.1. The maximum atomic E-state index is 13.0. The lowest BCUT2D eigenvalue weighted by Crippen LogP contribution is -2.50. The zero-order valence-electron chi connectivity index (χ0n) is 17.8. The molecule has 1 aromatic carbocycles. The molecule has 5 nitrogen and oxygen atoms in total. The molecule has 1 N–H and O–H groups in total. The van der Waals surface area contributed by atoms with E-state index in [4.69, 9.17) is 4.74 Å².